The minimum absolute atomic E-state index is 0. The molecule has 0 aromatic carbocycles. The van der Waals surface area contributed by atoms with E-state index >= 15 is 0 Å². The van der Waals surface area contributed by atoms with E-state index in [1.807, 2.05) is 0 Å². The third kappa shape index (κ3) is 2.89. The quantitative estimate of drug-likeness (QED) is 0.593. The lowest BCUT2D eigenvalue weighted by Gasteiger charge is -2.30. The fourth-order valence-corrected chi connectivity index (χ4v) is 1.13. The van der Waals surface area contributed by atoms with Crippen LogP contribution in [0.25, 0.3) is 0 Å². The minimum Gasteiger partial charge on any atom is -0.391 e. The van der Waals surface area contributed by atoms with Gasteiger partial charge in [-0.3, -0.25) is 0 Å². The molecule has 0 aliphatic heterocycles. The second-order valence-corrected chi connectivity index (χ2v) is 2.83. The van der Waals surface area contributed by atoms with Crippen molar-refractivity contribution in [3.05, 3.63) is 0 Å². The molecule has 0 spiro atoms. The standard InChI is InChI=1S/C6H11F2NO.ClH/c7-6(8)2-1-4(9)5(10)3-6;/h4-5,10H,1-3,9H2;1H/t4-,5-;/m1./s1. The van der Waals surface area contributed by atoms with Crippen molar-refractivity contribution in [2.24, 2.45) is 5.73 Å². The maximum Gasteiger partial charge on any atom is 0.250 e. The van der Waals surface area contributed by atoms with Crippen LogP contribution in [0.3, 0.4) is 0 Å². The van der Waals surface area contributed by atoms with Crippen molar-refractivity contribution in [3.63, 3.8) is 0 Å². The van der Waals surface area contributed by atoms with Crippen LogP contribution in [-0.2, 0) is 0 Å². The summed E-state index contributed by atoms with van der Waals surface area (Å²) in [5, 5.41) is 8.91. The van der Waals surface area contributed by atoms with Gasteiger partial charge in [-0.1, -0.05) is 0 Å². The smallest absolute Gasteiger partial charge is 0.250 e. The van der Waals surface area contributed by atoms with Gasteiger partial charge in [-0.2, -0.15) is 0 Å². The molecule has 2 nitrogen and oxygen atoms in total. The van der Waals surface area contributed by atoms with Crippen LogP contribution in [0.15, 0.2) is 0 Å². The number of aliphatic hydroxyl groups is 1. The molecule has 0 radical (unpaired) electrons. The van der Waals surface area contributed by atoms with Gasteiger partial charge in [0.2, 0.25) is 0 Å². The van der Waals surface area contributed by atoms with Gasteiger partial charge in [-0.15, -0.1) is 12.4 Å². The molecule has 0 saturated heterocycles. The lowest BCUT2D eigenvalue weighted by Crippen LogP contribution is -2.44. The maximum absolute atomic E-state index is 12.4. The Balaban J connectivity index is 0.000001000. The summed E-state index contributed by atoms with van der Waals surface area (Å²) in [6, 6.07) is -0.459. The number of hydrogen-bond donors (Lipinski definition) is 2. The molecular weight excluding hydrogens is 176 g/mol. The molecule has 1 rings (SSSR count). The summed E-state index contributed by atoms with van der Waals surface area (Å²) in [5.74, 6) is -2.70. The predicted octanol–water partition coefficient (Wildman–Crippen LogP) is 0.916. The summed E-state index contributed by atoms with van der Waals surface area (Å²) < 4.78 is 24.8. The average Bonchev–Trinajstić information content (AvgIpc) is 1.79. The van der Waals surface area contributed by atoms with Gasteiger partial charge in [0.25, 0.3) is 5.92 Å². The SMILES string of the molecule is Cl.N[C@@H]1CCC(F)(F)C[C@H]1O. The highest BCUT2D eigenvalue weighted by Crippen LogP contribution is 2.32. The van der Waals surface area contributed by atoms with Crippen LogP contribution in [0.4, 0.5) is 8.78 Å². The Morgan fingerprint density at radius 3 is 2.36 bits per heavy atom. The van der Waals surface area contributed by atoms with Gasteiger partial charge in [-0.25, -0.2) is 8.78 Å². The predicted molar refractivity (Wildman–Crippen MR) is 40.0 cm³/mol. The first-order valence-electron chi connectivity index (χ1n) is 3.33. The molecular formula is C6H12ClF2NO. The van der Waals surface area contributed by atoms with Crippen LogP contribution < -0.4 is 5.73 Å². The van der Waals surface area contributed by atoms with Crippen LogP contribution >= 0.6 is 12.4 Å². The lowest BCUT2D eigenvalue weighted by molar-refractivity contribution is -0.0825. The Hall–Kier alpha value is 0.0700. The second kappa shape index (κ2) is 3.65. The molecule has 0 unspecified atom stereocenters. The number of hydrogen-bond acceptors (Lipinski definition) is 2. The fraction of sp³-hybridized carbons (Fsp3) is 1.00. The van der Waals surface area contributed by atoms with Crippen LogP contribution in [0.2, 0.25) is 0 Å². The zero-order valence-electron chi connectivity index (χ0n) is 5.96. The van der Waals surface area contributed by atoms with E-state index in [-0.39, 0.29) is 25.2 Å². The molecule has 3 N–H and O–H groups in total. The van der Waals surface area contributed by atoms with Crippen molar-refractivity contribution in [2.45, 2.75) is 37.3 Å². The Morgan fingerprint density at radius 1 is 1.45 bits per heavy atom. The number of rotatable bonds is 0. The molecule has 1 aliphatic rings. The molecule has 1 saturated carbocycles. The van der Waals surface area contributed by atoms with Crippen molar-refractivity contribution in [1.82, 2.24) is 0 Å². The number of aliphatic hydroxyl groups excluding tert-OH is 1. The van der Waals surface area contributed by atoms with E-state index in [9.17, 15) is 8.78 Å². The first-order valence-corrected chi connectivity index (χ1v) is 3.33. The van der Waals surface area contributed by atoms with Gasteiger partial charge in [-0.05, 0) is 6.42 Å². The van der Waals surface area contributed by atoms with Crippen molar-refractivity contribution >= 4 is 12.4 Å². The molecule has 2 atom stereocenters. The van der Waals surface area contributed by atoms with Crippen molar-refractivity contribution in [3.8, 4) is 0 Å². The Bertz CT molecular complexity index is 134. The molecule has 5 heteroatoms. The van der Waals surface area contributed by atoms with E-state index in [0.717, 1.165) is 0 Å². The van der Waals surface area contributed by atoms with Gasteiger partial charge in [0.15, 0.2) is 0 Å². The molecule has 0 amide bonds. The van der Waals surface area contributed by atoms with E-state index in [2.05, 4.69) is 0 Å². The van der Waals surface area contributed by atoms with E-state index in [0.29, 0.717) is 0 Å². The van der Waals surface area contributed by atoms with Crippen LogP contribution in [0, 0.1) is 0 Å². The second-order valence-electron chi connectivity index (χ2n) is 2.83. The molecule has 0 aromatic rings. The highest BCUT2D eigenvalue weighted by molar-refractivity contribution is 5.85. The van der Waals surface area contributed by atoms with Gasteiger partial charge in [0.1, 0.15) is 0 Å². The van der Waals surface area contributed by atoms with Crippen LogP contribution in [-0.4, -0.2) is 23.2 Å². The highest BCUT2D eigenvalue weighted by atomic mass is 35.5. The van der Waals surface area contributed by atoms with Crippen molar-refractivity contribution in [1.29, 1.82) is 0 Å². The largest absolute Gasteiger partial charge is 0.391 e. The number of alkyl halides is 2. The van der Waals surface area contributed by atoms with E-state index in [1.54, 1.807) is 0 Å². The maximum atomic E-state index is 12.4. The van der Waals surface area contributed by atoms with Crippen LogP contribution in [0.5, 0.6) is 0 Å². The van der Waals surface area contributed by atoms with E-state index in [4.69, 9.17) is 10.8 Å². The Labute approximate surface area is 70.2 Å². The topological polar surface area (TPSA) is 46.2 Å². The summed E-state index contributed by atoms with van der Waals surface area (Å²) in [5.41, 5.74) is 5.32. The summed E-state index contributed by atoms with van der Waals surface area (Å²) in [4.78, 5) is 0. The molecule has 1 fully saturated rings. The summed E-state index contributed by atoms with van der Waals surface area (Å²) in [7, 11) is 0. The van der Waals surface area contributed by atoms with Gasteiger partial charge < -0.3 is 10.8 Å². The molecule has 0 bridgehead atoms. The molecule has 0 heterocycles. The minimum atomic E-state index is -2.70. The van der Waals surface area contributed by atoms with Crippen molar-refractivity contribution in [2.75, 3.05) is 0 Å². The average molecular weight is 188 g/mol. The first-order chi connectivity index (χ1) is 4.51. The first kappa shape index (κ1) is 11.1. The third-order valence-electron chi connectivity index (χ3n) is 1.85. The molecule has 68 valence electrons. The molecule has 11 heavy (non-hydrogen) atoms. The zero-order valence-corrected chi connectivity index (χ0v) is 6.78. The number of halogens is 3. The van der Waals surface area contributed by atoms with Crippen LogP contribution in [0.1, 0.15) is 19.3 Å². The Kier molecular flexibility index (Phi) is 3.67. The number of nitrogens with two attached hydrogens (primary N) is 1. The Morgan fingerprint density at radius 2 is 2.00 bits per heavy atom. The molecule has 1 aliphatic carbocycles. The van der Waals surface area contributed by atoms with Gasteiger partial charge >= 0.3 is 0 Å². The third-order valence-corrected chi connectivity index (χ3v) is 1.85. The summed E-state index contributed by atoms with van der Waals surface area (Å²) >= 11 is 0. The highest BCUT2D eigenvalue weighted by Gasteiger charge is 2.39. The zero-order chi connectivity index (χ0) is 7.78. The van der Waals surface area contributed by atoms with Crippen molar-refractivity contribution < 1.29 is 13.9 Å². The molecule has 0 aromatic heterocycles. The van der Waals surface area contributed by atoms with Gasteiger partial charge in [0.05, 0.1) is 6.10 Å². The summed E-state index contributed by atoms with van der Waals surface area (Å²) in [6.07, 6.45) is -1.48. The summed E-state index contributed by atoms with van der Waals surface area (Å²) in [6.45, 7) is 0. The fourth-order valence-electron chi connectivity index (χ4n) is 1.13. The van der Waals surface area contributed by atoms with E-state index < -0.39 is 24.5 Å². The lowest BCUT2D eigenvalue weighted by atomic mass is 9.90. The van der Waals surface area contributed by atoms with E-state index in [1.165, 1.54) is 0 Å². The van der Waals surface area contributed by atoms with Gasteiger partial charge in [0, 0.05) is 18.9 Å². The monoisotopic (exact) mass is 187 g/mol. The normalized spacial score (nSPS) is 36.0.